The SMILES string of the molecule is C[C@@H]1C[C@@H]1C(=O)Nc1ccccc1CN(C)C. The number of carbonyl (C=O) groups is 1. The van der Waals surface area contributed by atoms with E-state index in [9.17, 15) is 4.79 Å². The highest BCUT2D eigenvalue weighted by molar-refractivity contribution is 5.95. The molecule has 1 fully saturated rings. The highest BCUT2D eigenvalue weighted by atomic mass is 16.2. The van der Waals surface area contributed by atoms with Crippen LogP contribution in [0.3, 0.4) is 0 Å². The normalized spacial score (nSPS) is 22.6. The summed E-state index contributed by atoms with van der Waals surface area (Å²) in [5.74, 6) is 0.946. The maximum absolute atomic E-state index is 11.9. The number of hydrogen-bond acceptors (Lipinski definition) is 2. The first-order valence-electron chi connectivity index (χ1n) is 6.11. The molecule has 0 saturated heterocycles. The molecule has 2 atom stereocenters. The van der Waals surface area contributed by atoms with Crippen molar-refractivity contribution in [2.24, 2.45) is 11.8 Å². The first-order chi connectivity index (χ1) is 8.08. The van der Waals surface area contributed by atoms with Crippen LogP contribution in [0, 0.1) is 11.8 Å². The van der Waals surface area contributed by atoms with Crippen LogP contribution in [0.25, 0.3) is 0 Å². The Bertz CT molecular complexity index is 414. The van der Waals surface area contributed by atoms with Crippen molar-refractivity contribution >= 4 is 11.6 Å². The zero-order chi connectivity index (χ0) is 12.4. The van der Waals surface area contributed by atoms with E-state index in [0.717, 1.165) is 18.7 Å². The Morgan fingerprint density at radius 2 is 2.06 bits per heavy atom. The molecule has 0 bridgehead atoms. The minimum absolute atomic E-state index is 0.170. The predicted molar refractivity (Wildman–Crippen MR) is 69.7 cm³/mol. The number of amides is 1. The molecule has 1 N–H and O–H groups in total. The highest BCUT2D eigenvalue weighted by Gasteiger charge is 2.39. The smallest absolute Gasteiger partial charge is 0.227 e. The van der Waals surface area contributed by atoms with Gasteiger partial charge in [-0.2, -0.15) is 0 Å². The van der Waals surface area contributed by atoms with Gasteiger partial charge in [0.15, 0.2) is 0 Å². The van der Waals surface area contributed by atoms with Crippen molar-refractivity contribution in [3.63, 3.8) is 0 Å². The third-order valence-corrected chi connectivity index (χ3v) is 3.21. The molecule has 1 aromatic carbocycles. The van der Waals surface area contributed by atoms with Gasteiger partial charge in [-0.05, 0) is 38.1 Å². The molecule has 1 aliphatic rings. The standard InChI is InChI=1S/C14H20N2O/c1-10-8-12(10)14(17)15-13-7-5-4-6-11(13)9-16(2)3/h4-7,10,12H,8-9H2,1-3H3,(H,15,17)/t10-,12+/m1/s1. The largest absolute Gasteiger partial charge is 0.326 e. The maximum atomic E-state index is 11.9. The fourth-order valence-corrected chi connectivity index (χ4v) is 2.03. The van der Waals surface area contributed by atoms with Gasteiger partial charge < -0.3 is 10.2 Å². The van der Waals surface area contributed by atoms with E-state index in [1.54, 1.807) is 0 Å². The Hall–Kier alpha value is -1.35. The summed E-state index contributed by atoms with van der Waals surface area (Å²) >= 11 is 0. The molecule has 3 nitrogen and oxygen atoms in total. The van der Waals surface area contributed by atoms with Crippen LogP contribution in [0.5, 0.6) is 0 Å². The van der Waals surface area contributed by atoms with Crippen molar-refractivity contribution in [1.29, 1.82) is 0 Å². The lowest BCUT2D eigenvalue weighted by Gasteiger charge is -2.14. The fourth-order valence-electron chi connectivity index (χ4n) is 2.03. The lowest BCUT2D eigenvalue weighted by Crippen LogP contribution is -2.18. The van der Waals surface area contributed by atoms with Gasteiger partial charge in [0.25, 0.3) is 0 Å². The summed E-state index contributed by atoms with van der Waals surface area (Å²) in [6, 6.07) is 8.01. The summed E-state index contributed by atoms with van der Waals surface area (Å²) in [5.41, 5.74) is 2.12. The predicted octanol–water partition coefficient (Wildman–Crippen LogP) is 2.34. The molecule has 0 aliphatic heterocycles. The van der Waals surface area contributed by atoms with Crippen LogP contribution in [0.2, 0.25) is 0 Å². The van der Waals surface area contributed by atoms with Crippen LogP contribution in [0.15, 0.2) is 24.3 Å². The Morgan fingerprint density at radius 1 is 1.41 bits per heavy atom. The molecular weight excluding hydrogens is 212 g/mol. The van der Waals surface area contributed by atoms with E-state index in [1.807, 2.05) is 32.3 Å². The molecule has 1 aromatic rings. The molecule has 0 spiro atoms. The Kier molecular flexibility index (Phi) is 3.48. The van der Waals surface area contributed by atoms with Crippen LogP contribution >= 0.6 is 0 Å². The molecule has 92 valence electrons. The highest BCUT2D eigenvalue weighted by Crippen LogP contribution is 2.38. The summed E-state index contributed by atoms with van der Waals surface area (Å²) < 4.78 is 0. The Balaban J connectivity index is 2.06. The monoisotopic (exact) mass is 232 g/mol. The minimum Gasteiger partial charge on any atom is -0.326 e. The number of carbonyl (C=O) groups excluding carboxylic acids is 1. The van der Waals surface area contributed by atoms with Gasteiger partial charge in [-0.25, -0.2) is 0 Å². The Labute approximate surface area is 103 Å². The molecule has 1 saturated carbocycles. The summed E-state index contributed by atoms with van der Waals surface area (Å²) in [6.07, 6.45) is 1.03. The number of nitrogens with one attached hydrogen (secondary N) is 1. The van der Waals surface area contributed by atoms with Gasteiger partial charge >= 0.3 is 0 Å². The minimum atomic E-state index is 0.170. The van der Waals surface area contributed by atoms with E-state index >= 15 is 0 Å². The van der Waals surface area contributed by atoms with E-state index in [1.165, 1.54) is 5.56 Å². The average molecular weight is 232 g/mol. The molecule has 0 aromatic heterocycles. The van der Waals surface area contributed by atoms with Gasteiger partial charge in [0.1, 0.15) is 0 Å². The van der Waals surface area contributed by atoms with E-state index < -0.39 is 0 Å². The average Bonchev–Trinajstić information content (AvgIpc) is 2.98. The second-order valence-corrected chi connectivity index (χ2v) is 5.20. The van der Waals surface area contributed by atoms with Crippen molar-refractivity contribution < 1.29 is 4.79 Å². The molecular formula is C14H20N2O. The van der Waals surface area contributed by atoms with Gasteiger partial charge in [-0.1, -0.05) is 25.1 Å². The molecule has 17 heavy (non-hydrogen) atoms. The third-order valence-electron chi connectivity index (χ3n) is 3.21. The summed E-state index contributed by atoms with van der Waals surface area (Å²) in [7, 11) is 4.06. The lowest BCUT2D eigenvalue weighted by molar-refractivity contribution is -0.117. The van der Waals surface area contributed by atoms with Crippen LogP contribution in [0.4, 0.5) is 5.69 Å². The Morgan fingerprint density at radius 3 is 2.65 bits per heavy atom. The second-order valence-electron chi connectivity index (χ2n) is 5.20. The quantitative estimate of drug-likeness (QED) is 0.864. The summed E-state index contributed by atoms with van der Waals surface area (Å²) in [6.45, 7) is 2.96. The lowest BCUT2D eigenvalue weighted by atomic mass is 10.1. The fraction of sp³-hybridized carbons (Fsp3) is 0.500. The first-order valence-corrected chi connectivity index (χ1v) is 6.11. The third kappa shape index (κ3) is 3.07. The summed E-state index contributed by atoms with van der Waals surface area (Å²) in [4.78, 5) is 14.0. The van der Waals surface area contributed by atoms with Crippen LogP contribution in [0.1, 0.15) is 18.9 Å². The second kappa shape index (κ2) is 4.88. The molecule has 1 aliphatic carbocycles. The number of benzene rings is 1. The van der Waals surface area contributed by atoms with Crippen molar-refractivity contribution in [1.82, 2.24) is 4.90 Å². The first kappa shape index (κ1) is 12.1. The molecule has 0 unspecified atom stereocenters. The van der Waals surface area contributed by atoms with Crippen LogP contribution < -0.4 is 5.32 Å². The molecule has 0 radical (unpaired) electrons. The molecule has 3 heteroatoms. The van der Waals surface area contributed by atoms with E-state index in [0.29, 0.717) is 5.92 Å². The topological polar surface area (TPSA) is 32.3 Å². The number of nitrogens with zero attached hydrogens (tertiary/aromatic N) is 1. The molecule has 1 amide bonds. The number of hydrogen-bond donors (Lipinski definition) is 1. The van der Waals surface area contributed by atoms with Crippen LogP contribution in [-0.2, 0) is 11.3 Å². The maximum Gasteiger partial charge on any atom is 0.227 e. The van der Waals surface area contributed by atoms with Gasteiger partial charge in [0.05, 0.1) is 0 Å². The van der Waals surface area contributed by atoms with Crippen molar-refractivity contribution in [3.8, 4) is 0 Å². The zero-order valence-corrected chi connectivity index (χ0v) is 10.7. The molecule has 2 rings (SSSR count). The number of rotatable bonds is 4. The van der Waals surface area contributed by atoms with Gasteiger partial charge in [-0.15, -0.1) is 0 Å². The van der Waals surface area contributed by atoms with Crippen molar-refractivity contribution in [2.45, 2.75) is 19.9 Å². The van der Waals surface area contributed by atoms with E-state index in [-0.39, 0.29) is 11.8 Å². The zero-order valence-electron chi connectivity index (χ0n) is 10.7. The van der Waals surface area contributed by atoms with Crippen LogP contribution in [-0.4, -0.2) is 24.9 Å². The summed E-state index contributed by atoms with van der Waals surface area (Å²) in [5, 5.41) is 3.04. The number of para-hydroxylation sites is 1. The number of anilines is 1. The van der Waals surface area contributed by atoms with Crippen molar-refractivity contribution in [2.75, 3.05) is 19.4 Å². The van der Waals surface area contributed by atoms with Crippen molar-refractivity contribution in [3.05, 3.63) is 29.8 Å². The van der Waals surface area contributed by atoms with E-state index in [4.69, 9.17) is 0 Å². The molecule has 0 heterocycles. The van der Waals surface area contributed by atoms with E-state index in [2.05, 4.69) is 23.2 Å². The van der Waals surface area contributed by atoms with Gasteiger partial charge in [-0.3, -0.25) is 4.79 Å². The van der Waals surface area contributed by atoms with Gasteiger partial charge in [0.2, 0.25) is 5.91 Å². The van der Waals surface area contributed by atoms with Gasteiger partial charge in [0, 0.05) is 18.2 Å².